The number of nitrogens with one attached hydrogen (secondary N) is 2. The zero-order valence-electron chi connectivity index (χ0n) is 21.9. The number of nitrogens with zero attached hydrogens (tertiary/aromatic N) is 1. The van der Waals surface area contributed by atoms with Gasteiger partial charge in [-0.2, -0.15) is 0 Å². The third-order valence-electron chi connectivity index (χ3n) is 9.16. The average molecular weight is 506 g/mol. The molecule has 35 heavy (non-hydrogen) atoms. The largest absolute Gasteiger partial charge is 0.396 e. The molecule has 3 aliphatic rings. The van der Waals surface area contributed by atoms with Crippen LogP contribution in [0.5, 0.6) is 0 Å². The minimum Gasteiger partial charge on any atom is -0.396 e. The van der Waals surface area contributed by atoms with Gasteiger partial charge in [0.15, 0.2) is 5.13 Å². The lowest BCUT2D eigenvalue weighted by Gasteiger charge is -2.58. The summed E-state index contributed by atoms with van der Waals surface area (Å²) in [7, 11) is 0. The van der Waals surface area contributed by atoms with E-state index in [1.807, 2.05) is 27.7 Å². The predicted molar refractivity (Wildman–Crippen MR) is 138 cm³/mol. The standard InChI is InChI=1S/C27H43N3O4S/c1-25(2,3)23(34)30-24-29-22-17(13-21(33)28-16-9-7-6-8-10-16)26(4)12-11-20(32)27(5,15-31)19(26)14-18(22)35-24/h16-17,19-20,31-32H,6-15H2,1-5H3,(H,28,33)(H,29,30,34)/t17-,19+,20-,26+,27+/m1/s1. The van der Waals surface area contributed by atoms with Crippen molar-refractivity contribution in [3.63, 3.8) is 0 Å². The second-order valence-electron chi connectivity index (χ2n) is 12.7. The lowest BCUT2D eigenvalue weighted by atomic mass is 9.47. The number of anilines is 1. The number of hydrogen-bond donors (Lipinski definition) is 4. The van der Waals surface area contributed by atoms with E-state index >= 15 is 0 Å². The molecule has 8 heteroatoms. The Labute approximate surface area is 213 Å². The predicted octanol–water partition coefficient (Wildman–Crippen LogP) is 4.38. The molecule has 5 atom stereocenters. The van der Waals surface area contributed by atoms with Crippen molar-refractivity contribution in [2.45, 2.75) is 110 Å². The summed E-state index contributed by atoms with van der Waals surface area (Å²) in [6, 6.07) is 0.246. The highest BCUT2D eigenvalue weighted by atomic mass is 32.1. The van der Waals surface area contributed by atoms with Crippen LogP contribution in [0.3, 0.4) is 0 Å². The van der Waals surface area contributed by atoms with Gasteiger partial charge in [-0.25, -0.2) is 4.98 Å². The van der Waals surface area contributed by atoms with Crippen LogP contribution < -0.4 is 10.6 Å². The van der Waals surface area contributed by atoms with Gasteiger partial charge in [0.25, 0.3) is 0 Å². The van der Waals surface area contributed by atoms with Crippen molar-refractivity contribution in [1.82, 2.24) is 10.3 Å². The van der Waals surface area contributed by atoms with Gasteiger partial charge >= 0.3 is 0 Å². The summed E-state index contributed by atoms with van der Waals surface area (Å²) in [5.41, 5.74) is -0.562. The van der Waals surface area contributed by atoms with E-state index in [9.17, 15) is 19.8 Å². The molecule has 4 rings (SSSR count). The number of carbonyl (C=O) groups is 2. The number of aromatic nitrogens is 1. The first-order valence-electron chi connectivity index (χ1n) is 13.3. The minimum absolute atomic E-state index is 0.00958. The molecule has 196 valence electrons. The Morgan fingerprint density at radius 3 is 2.46 bits per heavy atom. The van der Waals surface area contributed by atoms with Crippen LogP contribution in [0.25, 0.3) is 0 Å². The molecule has 0 bridgehead atoms. The van der Waals surface area contributed by atoms with Gasteiger partial charge in [-0.1, -0.05) is 53.9 Å². The van der Waals surface area contributed by atoms with Crippen LogP contribution in [0.1, 0.15) is 102 Å². The molecule has 1 aromatic rings. The molecule has 4 N–H and O–H groups in total. The molecule has 0 unspecified atom stereocenters. The number of fused-ring (bicyclic) bond motifs is 2. The highest BCUT2D eigenvalue weighted by Gasteiger charge is 2.59. The Morgan fingerprint density at radius 2 is 1.83 bits per heavy atom. The number of thiazole rings is 1. The van der Waals surface area contributed by atoms with Gasteiger partial charge in [0.2, 0.25) is 11.8 Å². The van der Waals surface area contributed by atoms with Crippen molar-refractivity contribution in [3.05, 3.63) is 10.6 Å². The summed E-state index contributed by atoms with van der Waals surface area (Å²) < 4.78 is 0. The molecule has 0 saturated heterocycles. The SMILES string of the molecule is CC(C)(C)C(=O)Nc1nc2c(s1)C[C@@H]1[C@](C)(CO)[C@H](O)CC[C@@]1(C)[C@@H]2CC(=O)NC1CCCCC1. The highest BCUT2D eigenvalue weighted by Crippen LogP contribution is 2.62. The van der Waals surface area contributed by atoms with E-state index in [0.717, 1.165) is 42.7 Å². The first-order valence-corrected chi connectivity index (χ1v) is 14.1. The topological polar surface area (TPSA) is 112 Å². The minimum atomic E-state index is -0.651. The maximum atomic E-state index is 13.3. The Bertz CT molecular complexity index is 951. The van der Waals surface area contributed by atoms with E-state index in [1.165, 1.54) is 17.8 Å². The quantitative estimate of drug-likeness (QED) is 0.474. The van der Waals surface area contributed by atoms with Gasteiger partial charge in [0.05, 0.1) is 18.4 Å². The van der Waals surface area contributed by atoms with E-state index in [-0.39, 0.29) is 41.7 Å². The summed E-state index contributed by atoms with van der Waals surface area (Å²) in [6.45, 7) is 9.71. The van der Waals surface area contributed by atoms with Crippen LogP contribution >= 0.6 is 11.3 Å². The molecular weight excluding hydrogens is 462 g/mol. The Morgan fingerprint density at radius 1 is 1.14 bits per heavy atom. The maximum Gasteiger partial charge on any atom is 0.231 e. The molecule has 0 aromatic carbocycles. The van der Waals surface area contributed by atoms with Crippen LogP contribution in [-0.4, -0.2) is 45.8 Å². The fourth-order valence-electron chi connectivity index (χ4n) is 6.70. The van der Waals surface area contributed by atoms with Crippen LogP contribution in [0.15, 0.2) is 0 Å². The summed E-state index contributed by atoms with van der Waals surface area (Å²) in [5, 5.41) is 28.2. The van der Waals surface area contributed by atoms with E-state index in [0.29, 0.717) is 24.4 Å². The average Bonchev–Trinajstić information content (AvgIpc) is 3.20. The molecule has 2 fully saturated rings. The molecule has 2 saturated carbocycles. The van der Waals surface area contributed by atoms with E-state index in [4.69, 9.17) is 4.98 Å². The number of amides is 2. The van der Waals surface area contributed by atoms with Crippen LogP contribution in [0, 0.1) is 22.2 Å². The summed E-state index contributed by atoms with van der Waals surface area (Å²) in [4.78, 5) is 31.9. The number of hydrogen-bond acceptors (Lipinski definition) is 6. The Hall–Kier alpha value is -1.51. The molecular formula is C27H43N3O4S. The van der Waals surface area contributed by atoms with Gasteiger partial charge in [-0.05, 0) is 43.4 Å². The molecule has 7 nitrogen and oxygen atoms in total. The number of aliphatic hydroxyl groups is 2. The maximum absolute atomic E-state index is 13.3. The monoisotopic (exact) mass is 505 g/mol. The fourth-order valence-corrected chi connectivity index (χ4v) is 7.77. The molecule has 0 aliphatic heterocycles. The van der Waals surface area contributed by atoms with Gasteiger partial charge in [0.1, 0.15) is 0 Å². The Balaban J connectivity index is 1.67. The highest BCUT2D eigenvalue weighted by molar-refractivity contribution is 7.15. The van der Waals surface area contributed by atoms with Crippen molar-refractivity contribution < 1.29 is 19.8 Å². The zero-order valence-corrected chi connectivity index (χ0v) is 22.8. The van der Waals surface area contributed by atoms with E-state index in [1.54, 1.807) is 0 Å². The molecule has 0 spiro atoms. The van der Waals surface area contributed by atoms with Gasteiger partial charge in [0, 0.05) is 34.1 Å². The van der Waals surface area contributed by atoms with Gasteiger partial charge < -0.3 is 20.8 Å². The summed E-state index contributed by atoms with van der Waals surface area (Å²) >= 11 is 1.48. The number of carbonyl (C=O) groups excluding carboxylic acids is 2. The third-order valence-corrected chi connectivity index (χ3v) is 10.2. The van der Waals surface area contributed by atoms with Crippen molar-refractivity contribution in [2.24, 2.45) is 22.2 Å². The Kier molecular flexibility index (Phi) is 7.39. The van der Waals surface area contributed by atoms with Gasteiger partial charge in [-0.15, -0.1) is 11.3 Å². The van der Waals surface area contributed by atoms with Crippen LogP contribution in [0.2, 0.25) is 0 Å². The number of aliphatic hydroxyl groups excluding tert-OH is 2. The lowest BCUT2D eigenvalue weighted by Crippen LogP contribution is -2.57. The van der Waals surface area contributed by atoms with E-state index < -0.39 is 16.9 Å². The molecule has 0 radical (unpaired) electrons. The third kappa shape index (κ3) is 5.03. The summed E-state index contributed by atoms with van der Waals surface area (Å²) in [5.74, 6) is -0.153. The second-order valence-corrected chi connectivity index (χ2v) is 13.8. The first-order chi connectivity index (χ1) is 16.4. The van der Waals surface area contributed by atoms with E-state index in [2.05, 4.69) is 17.6 Å². The van der Waals surface area contributed by atoms with Crippen molar-refractivity contribution in [2.75, 3.05) is 11.9 Å². The molecule has 3 aliphatic carbocycles. The smallest absolute Gasteiger partial charge is 0.231 e. The van der Waals surface area contributed by atoms with Crippen LogP contribution in [-0.2, 0) is 16.0 Å². The van der Waals surface area contributed by atoms with Crippen molar-refractivity contribution in [1.29, 1.82) is 0 Å². The molecule has 1 heterocycles. The zero-order chi connectivity index (χ0) is 25.6. The molecule has 1 aromatic heterocycles. The van der Waals surface area contributed by atoms with Crippen molar-refractivity contribution in [3.8, 4) is 0 Å². The van der Waals surface area contributed by atoms with Crippen LogP contribution in [0.4, 0.5) is 5.13 Å². The van der Waals surface area contributed by atoms with Gasteiger partial charge in [-0.3, -0.25) is 9.59 Å². The fraction of sp³-hybridized carbons (Fsp3) is 0.815. The first kappa shape index (κ1) is 26.6. The van der Waals surface area contributed by atoms with Crippen molar-refractivity contribution >= 4 is 28.3 Å². The molecule has 2 amide bonds. The normalized spacial score (nSPS) is 33.5. The number of rotatable bonds is 5. The summed E-state index contributed by atoms with van der Waals surface area (Å²) in [6.07, 6.45) is 7.44. The lowest BCUT2D eigenvalue weighted by molar-refractivity contribution is -0.144. The second kappa shape index (κ2) is 9.75.